The second kappa shape index (κ2) is 4.10. The third kappa shape index (κ3) is 2.32. The average molecular weight is 223 g/mol. The van der Waals surface area contributed by atoms with Gasteiger partial charge >= 0.3 is 0 Å². The van der Waals surface area contributed by atoms with Crippen LogP contribution in [-0.4, -0.2) is 21.1 Å². The first-order valence-corrected chi connectivity index (χ1v) is 4.55. The van der Waals surface area contributed by atoms with Gasteiger partial charge in [0.15, 0.2) is 0 Å². The number of carbonyl (C=O) groups excluding carboxylic acids is 1. The first-order valence-electron chi connectivity index (χ1n) is 4.17. The molecule has 0 saturated carbocycles. The molecule has 15 heavy (non-hydrogen) atoms. The molecule has 0 spiro atoms. The van der Waals surface area contributed by atoms with E-state index in [2.05, 4.69) is 20.5 Å². The van der Waals surface area contributed by atoms with Gasteiger partial charge in [-0.25, -0.2) is 4.98 Å². The third-order valence-electron chi connectivity index (χ3n) is 1.72. The summed E-state index contributed by atoms with van der Waals surface area (Å²) in [7, 11) is 0. The van der Waals surface area contributed by atoms with E-state index in [-0.39, 0.29) is 5.91 Å². The number of anilines is 1. The number of aromatic amines is 1. The van der Waals surface area contributed by atoms with Crippen LogP contribution in [0.1, 0.15) is 10.4 Å². The predicted molar refractivity (Wildman–Crippen MR) is 55.8 cm³/mol. The molecular weight excluding hydrogens is 216 g/mol. The molecule has 0 aliphatic heterocycles. The van der Waals surface area contributed by atoms with E-state index in [0.717, 1.165) is 0 Å². The molecule has 1 amide bonds. The van der Waals surface area contributed by atoms with Gasteiger partial charge in [-0.1, -0.05) is 11.6 Å². The SMILES string of the molecule is O=C(Nc1cc(Cl)ccn1)c1cn[nH]c1. The zero-order valence-corrected chi connectivity index (χ0v) is 8.32. The zero-order valence-electron chi connectivity index (χ0n) is 7.57. The molecule has 0 fully saturated rings. The van der Waals surface area contributed by atoms with Crippen LogP contribution in [0.5, 0.6) is 0 Å². The number of hydrogen-bond acceptors (Lipinski definition) is 3. The van der Waals surface area contributed by atoms with Crippen LogP contribution in [0.15, 0.2) is 30.7 Å². The second-order valence-electron chi connectivity index (χ2n) is 2.80. The Morgan fingerprint density at radius 1 is 1.53 bits per heavy atom. The molecule has 0 saturated heterocycles. The number of halogens is 1. The van der Waals surface area contributed by atoms with Gasteiger partial charge in [0.05, 0.1) is 11.8 Å². The van der Waals surface area contributed by atoms with Crippen molar-refractivity contribution < 1.29 is 4.79 Å². The summed E-state index contributed by atoms with van der Waals surface area (Å²) in [6.07, 6.45) is 4.45. The van der Waals surface area contributed by atoms with Crippen LogP contribution >= 0.6 is 11.6 Å². The van der Waals surface area contributed by atoms with Crippen LogP contribution in [-0.2, 0) is 0 Å². The summed E-state index contributed by atoms with van der Waals surface area (Å²) in [6.45, 7) is 0. The Balaban J connectivity index is 2.13. The number of nitrogens with zero attached hydrogens (tertiary/aromatic N) is 2. The van der Waals surface area contributed by atoms with Crippen LogP contribution < -0.4 is 5.32 Å². The highest BCUT2D eigenvalue weighted by Crippen LogP contribution is 2.12. The molecule has 0 radical (unpaired) electrons. The molecule has 6 heteroatoms. The van der Waals surface area contributed by atoms with Crippen LogP contribution in [0.25, 0.3) is 0 Å². The number of H-pyrrole nitrogens is 1. The largest absolute Gasteiger partial charge is 0.306 e. The molecule has 2 aromatic rings. The van der Waals surface area contributed by atoms with Crippen molar-refractivity contribution in [2.24, 2.45) is 0 Å². The van der Waals surface area contributed by atoms with Gasteiger partial charge in [0.1, 0.15) is 5.82 Å². The highest BCUT2D eigenvalue weighted by atomic mass is 35.5. The van der Waals surface area contributed by atoms with Crippen molar-refractivity contribution in [3.63, 3.8) is 0 Å². The first kappa shape index (κ1) is 9.67. The molecule has 0 bridgehead atoms. The summed E-state index contributed by atoms with van der Waals surface area (Å²) >= 11 is 5.74. The lowest BCUT2D eigenvalue weighted by Gasteiger charge is -2.01. The molecular formula is C9H7ClN4O. The molecule has 0 aromatic carbocycles. The molecule has 2 rings (SSSR count). The fourth-order valence-electron chi connectivity index (χ4n) is 1.04. The molecule has 0 aliphatic carbocycles. The van der Waals surface area contributed by atoms with Crippen LogP contribution in [0.2, 0.25) is 5.02 Å². The highest BCUT2D eigenvalue weighted by molar-refractivity contribution is 6.30. The molecule has 0 aliphatic rings. The Morgan fingerprint density at radius 2 is 2.40 bits per heavy atom. The van der Waals surface area contributed by atoms with Crippen molar-refractivity contribution in [1.29, 1.82) is 0 Å². The molecule has 5 nitrogen and oxygen atoms in total. The van der Waals surface area contributed by atoms with Gasteiger partial charge in [0.25, 0.3) is 5.91 Å². The van der Waals surface area contributed by atoms with E-state index in [1.807, 2.05) is 0 Å². The van der Waals surface area contributed by atoms with E-state index in [4.69, 9.17) is 11.6 Å². The van der Waals surface area contributed by atoms with Gasteiger partial charge in [-0.15, -0.1) is 0 Å². The molecule has 0 atom stereocenters. The summed E-state index contributed by atoms with van der Waals surface area (Å²) in [5.74, 6) is 0.132. The van der Waals surface area contributed by atoms with E-state index in [1.54, 1.807) is 12.1 Å². The molecule has 0 unspecified atom stereocenters. The van der Waals surface area contributed by atoms with E-state index >= 15 is 0 Å². The Bertz CT molecular complexity index is 469. The smallest absolute Gasteiger partial charge is 0.259 e. The standard InChI is InChI=1S/C9H7ClN4O/c10-7-1-2-11-8(3-7)14-9(15)6-4-12-13-5-6/h1-5H,(H,12,13)(H,11,14,15). The first-order chi connectivity index (χ1) is 7.25. The van der Waals surface area contributed by atoms with Crippen molar-refractivity contribution in [3.05, 3.63) is 41.3 Å². The van der Waals surface area contributed by atoms with E-state index in [1.165, 1.54) is 18.6 Å². The van der Waals surface area contributed by atoms with Gasteiger partial charge in [-0.2, -0.15) is 5.10 Å². The summed E-state index contributed by atoms with van der Waals surface area (Å²) < 4.78 is 0. The van der Waals surface area contributed by atoms with Crippen molar-refractivity contribution >= 4 is 23.3 Å². The Labute approximate surface area is 90.5 Å². The molecule has 76 valence electrons. The number of hydrogen-bond donors (Lipinski definition) is 2. The van der Waals surface area contributed by atoms with Gasteiger partial charge < -0.3 is 5.32 Å². The Morgan fingerprint density at radius 3 is 3.07 bits per heavy atom. The van der Waals surface area contributed by atoms with Gasteiger partial charge in [-0.3, -0.25) is 9.89 Å². The number of carbonyl (C=O) groups is 1. The van der Waals surface area contributed by atoms with E-state index in [9.17, 15) is 4.79 Å². The van der Waals surface area contributed by atoms with Gasteiger partial charge in [0, 0.05) is 17.4 Å². The lowest BCUT2D eigenvalue weighted by Crippen LogP contribution is -2.11. The fraction of sp³-hybridized carbons (Fsp3) is 0. The van der Waals surface area contributed by atoms with Crippen LogP contribution in [0.4, 0.5) is 5.82 Å². The second-order valence-corrected chi connectivity index (χ2v) is 3.24. The normalized spacial score (nSPS) is 9.93. The number of aromatic nitrogens is 3. The number of amides is 1. The minimum Gasteiger partial charge on any atom is -0.306 e. The number of rotatable bonds is 2. The van der Waals surface area contributed by atoms with Crippen molar-refractivity contribution in [3.8, 4) is 0 Å². The van der Waals surface area contributed by atoms with Gasteiger partial charge in [-0.05, 0) is 12.1 Å². The third-order valence-corrected chi connectivity index (χ3v) is 1.96. The van der Waals surface area contributed by atoms with Crippen LogP contribution in [0.3, 0.4) is 0 Å². The molecule has 2 aromatic heterocycles. The minimum absolute atomic E-state index is 0.279. The number of pyridine rings is 1. The Kier molecular flexibility index (Phi) is 2.64. The van der Waals surface area contributed by atoms with E-state index in [0.29, 0.717) is 16.4 Å². The van der Waals surface area contributed by atoms with Gasteiger partial charge in [0.2, 0.25) is 0 Å². The molecule has 2 N–H and O–H groups in total. The summed E-state index contributed by atoms with van der Waals surface area (Å²) in [6, 6.07) is 3.20. The summed E-state index contributed by atoms with van der Waals surface area (Å²) in [5.41, 5.74) is 0.441. The Hall–Kier alpha value is -1.88. The summed E-state index contributed by atoms with van der Waals surface area (Å²) in [5, 5.41) is 9.33. The maximum Gasteiger partial charge on any atom is 0.259 e. The van der Waals surface area contributed by atoms with Crippen LogP contribution in [0, 0.1) is 0 Å². The lowest BCUT2D eigenvalue weighted by atomic mass is 10.3. The topological polar surface area (TPSA) is 70.7 Å². The quantitative estimate of drug-likeness (QED) is 0.813. The highest BCUT2D eigenvalue weighted by Gasteiger charge is 2.07. The van der Waals surface area contributed by atoms with Crippen molar-refractivity contribution in [1.82, 2.24) is 15.2 Å². The minimum atomic E-state index is -0.279. The van der Waals surface area contributed by atoms with E-state index < -0.39 is 0 Å². The summed E-state index contributed by atoms with van der Waals surface area (Å²) in [4.78, 5) is 15.5. The van der Waals surface area contributed by atoms with Crippen molar-refractivity contribution in [2.75, 3.05) is 5.32 Å². The zero-order chi connectivity index (χ0) is 10.7. The monoisotopic (exact) mass is 222 g/mol. The molecule has 2 heterocycles. The number of nitrogens with one attached hydrogen (secondary N) is 2. The van der Waals surface area contributed by atoms with Crippen molar-refractivity contribution in [2.45, 2.75) is 0 Å². The predicted octanol–water partition coefficient (Wildman–Crippen LogP) is 1.71. The maximum absolute atomic E-state index is 11.5. The average Bonchev–Trinajstić information content (AvgIpc) is 2.70. The lowest BCUT2D eigenvalue weighted by molar-refractivity contribution is 0.102. The fourth-order valence-corrected chi connectivity index (χ4v) is 1.20. The maximum atomic E-state index is 11.5.